The van der Waals surface area contributed by atoms with Crippen molar-refractivity contribution < 1.29 is 19.6 Å². The van der Waals surface area contributed by atoms with Gasteiger partial charge in [0.1, 0.15) is 0 Å². The Morgan fingerprint density at radius 3 is 1.76 bits per heavy atom. The van der Waals surface area contributed by atoms with Crippen LogP contribution < -0.4 is 21.4 Å². The summed E-state index contributed by atoms with van der Waals surface area (Å²) in [5, 5.41) is 17.8. The van der Waals surface area contributed by atoms with E-state index >= 15 is 0 Å². The maximum absolute atomic E-state index is 12.8. The Bertz CT molecular complexity index is 485. The molecule has 166 valence electrons. The summed E-state index contributed by atoms with van der Waals surface area (Å²) in [6, 6.07) is -0.542. The standard InChI is InChI=1S/C21H38N4O4/c26-18(25-29)14-8-3-9-15-22-19(20(27)23-16-10-4-1-5-11-16)21(28)24-17-12-6-2-7-13-17/h16-17,19,22,29H,1-15H2,(H,23,27)(H,24,28)(H,25,26). The van der Waals surface area contributed by atoms with E-state index in [9.17, 15) is 14.4 Å². The van der Waals surface area contributed by atoms with Gasteiger partial charge < -0.3 is 10.6 Å². The zero-order chi connectivity index (χ0) is 20.9. The molecule has 2 rings (SSSR count). The van der Waals surface area contributed by atoms with Gasteiger partial charge in [-0.15, -0.1) is 0 Å². The van der Waals surface area contributed by atoms with Crippen LogP contribution in [0.25, 0.3) is 0 Å². The number of nitrogens with one attached hydrogen (secondary N) is 4. The molecule has 0 radical (unpaired) electrons. The van der Waals surface area contributed by atoms with Crippen LogP contribution >= 0.6 is 0 Å². The van der Waals surface area contributed by atoms with Gasteiger partial charge in [0.05, 0.1) is 0 Å². The van der Waals surface area contributed by atoms with Crippen molar-refractivity contribution in [2.24, 2.45) is 0 Å². The molecule has 0 aromatic carbocycles. The minimum atomic E-state index is -0.875. The molecule has 0 aromatic heterocycles. The van der Waals surface area contributed by atoms with Gasteiger partial charge in [-0.1, -0.05) is 44.9 Å². The van der Waals surface area contributed by atoms with Crippen molar-refractivity contribution in [3.63, 3.8) is 0 Å². The second kappa shape index (κ2) is 13.5. The van der Waals surface area contributed by atoms with E-state index in [2.05, 4.69) is 16.0 Å². The van der Waals surface area contributed by atoms with Crippen molar-refractivity contribution in [3.05, 3.63) is 0 Å². The van der Waals surface area contributed by atoms with Crippen LogP contribution in [0.4, 0.5) is 0 Å². The highest BCUT2D eigenvalue weighted by Gasteiger charge is 2.30. The minimum absolute atomic E-state index is 0.167. The Morgan fingerprint density at radius 2 is 1.28 bits per heavy atom. The maximum atomic E-state index is 12.8. The van der Waals surface area contributed by atoms with Crippen LogP contribution in [0.1, 0.15) is 89.9 Å². The molecular weight excluding hydrogens is 372 g/mol. The number of carbonyl (C=O) groups excluding carboxylic acids is 3. The van der Waals surface area contributed by atoms with E-state index in [1.165, 1.54) is 12.8 Å². The second-order valence-electron chi connectivity index (χ2n) is 8.42. The number of hydrogen-bond donors (Lipinski definition) is 5. The molecule has 5 N–H and O–H groups in total. The summed E-state index contributed by atoms with van der Waals surface area (Å²) in [6.45, 7) is 0.529. The third-order valence-corrected chi connectivity index (χ3v) is 5.98. The zero-order valence-electron chi connectivity index (χ0n) is 17.5. The Kier molecular flexibility index (Phi) is 11.0. The van der Waals surface area contributed by atoms with Crippen LogP contribution in [0, 0.1) is 0 Å². The number of rotatable bonds is 11. The molecule has 0 unspecified atom stereocenters. The summed E-state index contributed by atoms with van der Waals surface area (Å²) in [5.74, 6) is -0.857. The number of hydrogen-bond acceptors (Lipinski definition) is 5. The van der Waals surface area contributed by atoms with Crippen molar-refractivity contribution in [3.8, 4) is 0 Å². The second-order valence-corrected chi connectivity index (χ2v) is 8.42. The fourth-order valence-electron chi connectivity index (χ4n) is 4.26. The van der Waals surface area contributed by atoms with Gasteiger partial charge in [0, 0.05) is 18.5 Å². The monoisotopic (exact) mass is 410 g/mol. The molecule has 2 fully saturated rings. The lowest BCUT2D eigenvalue weighted by atomic mass is 9.94. The molecule has 8 heteroatoms. The average molecular weight is 411 g/mol. The molecule has 29 heavy (non-hydrogen) atoms. The fraction of sp³-hybridized carbons (Fsp3) is 0.857. The van der Waals surface area contributed by atoms with Gasteiger partial charge in [0.2, 0.25) is 17.7 Å². The van der Waals surface area contributed by atoms with Gasteiger partial charge in [0.25, 0.3) is 0 Å². The highest BCUT2D eigenvalue weighted by Crippen LogP contribution is 2.18. The fourth-order valence-corrected chi connectivity index (χ4v) is 4.26. The topological polar surface area (TPSA) is 120 Å². The van der Waals surface area contributed by atoms with Crippen LogP contribution in [0.5, 0.6) is 0 Å². The minimum Gasteiger partial charge on any atom is -0.352 e. The van der Waals surface area contributed by atoms with Crippen LogP contribution in [0.2, 0.25) is 0 Å². The first-order valence-corrected chi connectivity index (χ1v) is 11.4. The van der Waals surface area contributed by atoms with Gasteiger partial charge in [-0.3, -0.25) is 24.9 Å². The predicted octanol–water partition coefficient (Wildman–Crippen LogP) is 1.91. The first-order chi connectivity index (χ1) is 14.1. The number of carbonyl (C=O) groups is 3. The molecule has 3 amide bonds. The van der Waals surface area contributed by atoms with Crippen molar-refractivity contribution in [2.45, 2.75) is 108 Å². The Morgan fingerprint density at radius 1 is 0.759 bits per heavy atom. The van der Waals surface area contributed by atoms with E-state index < -0.39 is 11.9 Å². The maximum Gasteiger partial charge on any atom is 0.247 e. The molecule has 2 saturated carbocycles. The highest BCUT2D eigenvalue weighted by atomic mass is 16.5. The van der Waals surface area contributed by atoms with Gasteiger partial charge in [-0.2, -0.15) is 0 Å². The molecule has 0 bridgehead atoms. The summed E-state index contributed by atoms with van der Waals surface area (Å²) < 4.78 is 0. The normalized spacial score (nSPS) is 18.4. The van der Waals surface area contributed by atoms with Crippen molar-refractivity contribution in [1.29, 1.82) is 0 Å². The van der Waals surface area contributed by atoms with Gasteiger partial charge >= 0.3 is 0 Å². The Labute approximate surface area is 173 Å². The smallest absolute Gasteiger partial charge is 0.247 e. The van der Waals surface area contributed by atoms with E-state index in [1.807, 2.05) is 0 Å². The van der Waals surface area contributed by atoms with E-state index in [4.69, 9.17) is 5.21 Å². The van der Waals surface area contributed by atoms with E-state index in [-0.39, 0.29) is 30.3 Å². The molecule has 0 spiro atoms. The largest absolute Gasteiger partial charge is 0.352 e. The average Bonchev–Trinajstić information content (AvgIpc) is 2.74. The predicted molar refractivity (Wildman–Crippen MR) is 110 cm³/mol. The first-order valence-electron chi connectivity index (χ1n) is 11.4. The van der Waals surface area contributed by atoms with Crippen LogP contribution in [-0.4, -0.2) is 47.6 Å². The van der Waals surface area contributed by atoms with Crippen molar-refractivity contribution in [2.75, 3.05) is 6.54 Å². The molecule has 0 atom stereocenters. The first kappa shape index (κ1) is 23.6. The molecule has 2 aliphatic carbocycles. The number of amides is 3. The SMILES string of the molecule is O=C(CCCCCNC(C(=O)NC1CCCCC1)C(=O)NC1CCCCC1)NO. The molecule has 8 nitrogen and oxygen atoms in total. The molecule has 0 heterocycles. The lowest BCUT2D eigenvalue weighted by molar-refractivity contribution is -0.133. The van der Waals surface area contributed by atoms with Crippen molar-refractivity contribution >= 4 is 17.7 Å². The van der Waals surface area contributed by atoms with Crippen LogP contribution in [-0.2, 0) is 14.4 Å². The van der Waals surface area contributed by atoms with Crippen molar-refractivity contribution in [1.82, 2.24) is 21.4 Å². The summed E-state index contributed by atoms with van der Waals surface area (Å²) in [6.07, 6.45) is 13.3. The van der Waals surface area contributed by atoms with E-state index in [0.717, 1.165) is 64.2 Å². The van der Waals surface area contributed by atoms with E-state index in [0.29, 0.717) is 13.0 Å². The quantitative estimate of drug-likeness (QED) is 0.154. The number of hydroxylamine groups is 1. The summed E-state index contributed by atoms with van der Waals surface area (Å²) in [5.41, 5.74) is 1.62. The zero-order valence-corrected chi connectivity index (χ0v) is 17.5. The summed E-state index contributed by atoms with van der Waals surface area (Å²) in [7, 11) is 0. The molecule has 0 aliphatic heterocycles. The van der Waals surface area contributed by atoms with Crippen LogP contribution in [0.3, 0.4) is 0 Å². The van der Waals surface area contributed by atoms with Gasteiger partial charge in [0.15, 0.2) is 6.04 Å². The lowest BCUT2D eigenvalue weighted by Crippen LogP contribution is -2.57. The molecule has 2 aliphatic rings. The molecule has 0 saturated heterocycles. The van der Waals surface area contributed by atoms with Gasteiger partial charge in [-0.05, 0) is 45.1 Å². The van der Waals surface area contributed by atoms with E-state index in [1.54, 1.807) is 5.48 Å². The third kappa shape index (κ3) is 9.12. The Balaban J connectivity index is 1.81. The lowest BCUT2D eigenvalue weighted by Gasteiger charge is -2.28. The van der Waals surface area contributed by atoms with Gasteiger partial charge in [-0.25, -0.2) is 5.48 Å². The Hall–Kier alpha value is -1.67. The summed E-state index contributed by atoms with van der Waals surface area (Å²) in [4.78, 5) is 36.7. The third-order valence-electron chi connectivity index (χ3n) is 5.98. The summed E-state index contributed by atoms with van der Waals surface area (Å²) >= 11 is 0. The van der Waals surface area contributed by atoms with Crippen LogP contribution in [0.15, 0.2) is 0 Å². The number of unbranched alkanes of at least 4 members (excludes halogenated alkanes) is 2. The molecular formula is C21H38N4O4. The molecule has 0 aromatic rings. The highest BCUT2D eigenvalue weighted by molar-refractivity contribution is 6.04.